The van der Waals surface area contributed by atoms with Crippen LogP contribution in [0.5, 0.6) is 0 Å². The van der Waals surface area contributed by atoms with Crippen LogP contribution in [-0.4, -0.2) is 37.7 Å². The molecule has 1 heterocycles. The zero-order valence-corrected chi connectivity index (χ0v) is 10.5. The van der Waals surface area contributed by atoms with Gasteiger partial charge in [-0.25, -0.2) is 0 Å². The normalized spacial score (nSPS) is 11.0. The second-order valence-corrected chi connectivity index (χ2v) is 5.65. The van der Waals surface area contributed by atoms with Gasteiger partial charge in [0.25, 0.3) is 0 Å². The van der Waals surface area contributed by atoms with Gasteiger partial charge in [-0.2, -0.15) is 0 Å². The molecule has 0 saturated carbocycles. The number of aromatic amines is 1. The van der Waals surface area contributed by atoms with E-state index in [0.717, 1.165) is 17.6 Å². The summed E-state index contributed by atoms with van der Waals surface area (Å²) < 4.78 is 1.44. The van der Waals surface area contributed by atoms with Gasteiger partial charge in [-0.05, 0) is 0 Å². The van der Waals surface area contributed by atoms with E-state index in [4.69, 9.17) is 0 Å². The monoisotopic (exact) mass is 279 g/mol. The minimum atomic E-state index is 0.534. The Kier molecular flexibility index (Phi) is 4.35. The molecule has 0 spiro atoms. The van der Waals surface area contributed by atoms with Crippen molar-refractivity contribution in [1.82, 2.24) is 9.97 Å². The molecular weight excluding hydrogens is 265 g/mol. The third-order valence-electron chi connectivity index (χ3n) is 1.98. The van der Waals surface area contributed by atoms with E-state index < -0.39 is 0 Å². The van der Waals surface area contributed by atoms with Crippen LogP contribution in [0.3, 0.4) is 0 Å². The molecule has 0 aliphatic heterocycles. The SMILES string of the molecule is C(=NCC[Se]c1ccccc1)c1cnc[nH]1. The number of imidazole rings is 1. The number of benzene rings is 1. The number of hydrogen-bond donors (Lipinski definition) is 1. The van der Waals surface area contributed by atoms with Gasteiger partial charge in [0.15, 0.2) is 0 Å². The average Bonchev–Trinajstić information content (AvgIpc) is 2.83. The fourth-order valence-corrected chi connectivity index (χ4v) is 2.87. The number of aromatic nitrogens is 2. The molecule has 16 heavy (non-hydrogen) atoms. The van der Waals surface area contributed by atoms with E-state index >= 15 is 0 Å². The van der Waals surface area contributed by atoms with Crippen LogP contribution in [0, 0.1) is 0 Å². The fraction of sp³-hybridized carbons (Fsp3) is 0.167. The first-order valence-corrected chi connectivity index (χ1v) is 7.18. The molecule has 0 unspecified atom stereocenters. The second-order valence-electron chi connectivity index (χ2n) is 3.20. The second kappa shape index (κ2) is 6.26. The molecule has 0 bridgehead atoms. The summed E-state index contributed by atoms with van der Waals surface area (Å²) in [6.45, 7) is 0.883. The Morgan fingerprint density at radius 1 is 1.31 bits per heavy atom. The van der Waals surface area contributed by atoms with Gasteiger partial charge in [-0.1, -0.05) is 0 Å². The standard InChI is InChI=1S/C12H13N3Se/c1-2-4-12(5-3-1)16-7-6-13-8-11-9-14-10-15-11/h1-5,8-10H,6-7H2,(H,14,15). The molecular formula is C12H13N3Se. The summed E-state index contributed by atoms with van der Waals surface area (Å²) in [5.74, 6) is 0. The molecule has 3 nitrogen and oxygen atoms in total. The quantitative estimate of drug-likeness (QED) is 0.499. The number of H-pyrrole nitrogens is 1. The summed E-state index contributed by atoms with van der Waals surface area (Å²) in [4.78, 5) is 11.3. The summed E-state index contributed by atoms with van der Waals surface area (Å²) in [5.41, 5.74) is 0.965. The van der Waals surface area contributed by atoms with Gasteiger partial charge in [0, 0.05) is 0 Å². The van der Waals surface area contributed by atoms with Crippen molar-refractivity contribution in [3.05, 3.63) is 48.5 Å². The Morgan fingerprint density at radius 3 is 2.94 bits per heavy atom. The molecule has 1 N–H and O–H groups in total. The number of rotatable bonds is 5. The van der Waals surface area contributed by atoms with Crippen molar-refractivity contribution < 1.29 is 0 Å². The summed E-state index contributed by atoms with van der Waals surface area (Å²) in [5, 5.41) is 1.14. The van der Waals surface area contributed by atoms with E-state index in [2.05, 4.69) is 45.3 Å². The van der Waals surface area contributed by atoms with E-state index in [1.165, 1.54) is 4.46 Å². The molecule has 1 aromatic heterocycles. The maximum absolute atomic E-state index is 4.35. The molecule has 0 saturated heterocycles. The Labute approximate surface area is 101 Å². The molecule has 0 atom stereocenters. The molecule has 2 aromatic rings. The van der Waals surface area contributed by atoms with Crippen LogP contribution < -0.4 is 4.46 Å². The summed E-state index contributed by atoms with van der Waals surface area (Å²) in [7, 11) is 0. The molecule has 1 aromatic carbocycles. The van der Waals surface area contributed by atoms with Crippen molar-refractivity contribution in [1.29, 1.82) is 0 Å². The average molecular weight is 278 g/mol. The molecule has 4 heteroatoms. The molecule has 0 aliphatic rings. The Hall–Kier alpha value is -1.38. The number of hydrogen-bond acceptors (Lipinski definition) is 2. The van der Waals surface area contributed by atoms with Crippen molar-refractivity contribution in [3.8, 4) is 0 Å². The van der Waals surface area contributed by atoms with E-state index in [-0.39, 0.29) is 0 Å². The molecule has 0 radical (unpaired) electrons. The summed E-state index contributed by atoms with van der Waals surface area (Å²) in [6, 6.07) is 10.6. The Balaban J connectivity index is 1.69. The first kappa shape index (κ1) is 11.1. The summed E-state index contributed by atoms with van der Waals surface area (Å²) in [6.07, 6.45) is 5.27. The maximum atomic E-state index is 4.35. The van der Waals surface area contributed by atoms with Gasteiger partial charge in [0.2, 0.25) is 0 Å². The van der Waals surface area contributed by atoms with Crippen molar-refractivity contribution in [2.45, 2.75) is 5.32 Å². The van der Waals surface area contributed by atoms with Crippen molar-refractivity contribution in [3.63, 3.8) is 0 Å². The fourth-order valence-electron chi connectivity index (χ4n) is 1.23. The molecule has 82 valence electrons. The van der Waals surface area contributed by atoms with Gasteiger partial charge in [0.05, 0.1) is 0 Å². The molecule has 0 fully saturated rings. The summed E-state index contributed by atoms with van der Waals surface area (Å²) >= 11 is 0.534. The van der Waals surface area contributed by atoms with Gasteiger partial charge in [0.1, 0.15) is 0 Å². The van der Waals surface area contributed by atoms with Gasteiger partial charge in [-0.3, -0.25) is 0 Å². The third-order valence-corrected chi connectivity index (χ3v) is 4.06. The first-order chi connectivity index (χ1) is 7.95. The first-order valence-electron chi connectivity index (χ1n) is 5.11. The molecule has 0 aliphatic carbocycles. The predicted molar refractivity (Wildman–Crippen MR) is 67.7 cm³/mol. The van der Waals surface area contributed by atoms with E-state index in [1.54, 1.807) is 12.5 Å². The van der Waals surface area contributed by atoms with Gasteiger partial charge in [-0.15, -0.1) is 0 Å². The van der Waals surface area contributed by atoms with Crippen LogP contribution in [0.25, 0.3) is 0 Å². The van der Waals surface area contributed by atoms with Crippen molar-refractivity contribution in [2.75, 3.05) is 6.54 Å². The van der Waals surface area contributed by atoms with E-state index in [1.807, 2.05) is 6.21 Å². The number of nitrogens with one attached hydrogen (secondary N) is 1. The van der Waals surface area contributed by atoms with E-state index in [9.17, 15) is 0 Å². The van der Waals surface area contributed by atoms with Crippen molar-refractivity contribution >= 4 is 25.6 Å². The number of aliphatic imine (C=N–C) groups is 1. The molecule has 0 amide bonds. The van der Waals surface area contributed by atoms with Crippen LogP contribution >= 0.6 is 0 Å². The van der Waals surface area contributed by atoms with Crippen LogP contribution in [-0.2, 0) is 0 Å². The molecule has 2 rings (SSSR count). The van der Waals surface area contributed by atoms with Crippen molar-refractivity contribution in [2.24, 2.45) is 4.99 Å². The van der Waals surface area contributed by atoms with Gasteiger partial charge < -0.3 is 0 Å². The van der Waals surface area contributed by atoms with Crippen LogP contribution in [0.4, 0.5) is 0 Å². The zero-order valence-electron chi connectivity index (χ0n) is 8.84. The van der Waals surface area contributed by atoms with E-state index in [0.29, 0.717) is 15.0 Å². The number of nitrogens with zero attached hydrogens (tertiary/aromatic N) is 2. The van der Waals surface area contributed by atoms with Crippen LogP contribution in [0.2, 0.25) is 5.32 Å². The predicted octanol–water partition coefficient (Wildman–Crippen LogP) is 1.28. The van der Waals surface area contributed by atoms with Crippen LogP contribution in [0.15, 0.2) is 47.8 Å². The third kappa shape index (κ3) is 3.65. The van der Waals surface area contributed by atoms with Gasteiger partial charge >= 0.3 is 101 Å². The Morgan fingerprint density at radius 2 is 2.19 bits per heavy atom. The zero-order chi connectivity index (χ0) is 11.1. The van der Waals surface area contributed by atoms with Crippen LogP contribution in [0.1, 0.15) is 5.69 Å². The Bertz CT molecular complexity index is 423. The minimum absolute atomic E-state index is 0.534. The topological polar surface area (TPSA) is 41.0 Å².